The van der Waals surface area contributed by atoms with Crippen LogP contribution in [0.2, 0.25) is 0 Å². The molecule has 2 atom stereocenters. The summed E-state index contributed by atoms with van der Waals surface area (Å²) in [6, 6.07) is 0. The minimum Gasteiger partial charge on any atom is -0.244 e. The summed E-state index contributed by atoms with van der Waals surface area (Å²) in [6.45, 7) is 0. The Morgan fingerprint density at radius 2 is 1.36 bits per heavy atom. The quantitative estimate of drug-likeness (QED) is 0.511. The first-order chi connectivity index (χ1) is 5.22. The summed E-state index contributed by atoms with van der Waals surface area (Å²) in [4.78, 5) is 0. The number of hydrogen-bond acceptors (Lipinski definition) is 0. The van der Waals surface area contributed by atoms with Crippen molar-refractivity contribution in [3.05, 3.63) is 0 Å². The second-order valence-corrected chi connectivity index (χ2v) is 4.15. The van der Waals surface area contributed by atoms with Gasteiger partial charge in [0, 0.05) is 0 Å². The highest BCUT2D eigenvalue weighted by molar-refractivity contribution is 4.97. The molecule has 64 valence electrons. The highest BCUT2D eigenvalue weighted by atomic mass is 19.2. The Hall–Kier alpha value is -0.140. The van der Waals surface area contributed by atoms with Crippen LogP contribution in [-0.2, 0) is 0 Å². The predicted molar refractivity (Wildman–Crippen MR) is 39.9 cm³/mol. The van der Waals surface area contributed by atoms with Gasteiger partial charge in [-0.2, -0.15) is 0 Å². The highest BCUT2D eigenvalue weighted by Gasteiger charge is 2.47. The van der Waals surface area contributed by atoms with E-state index in [1.165, 1.54) is 12.8 Å². The lowest BCUT2D eigenvalue weighted by molar-refractivity contribution is 0.199. The molecule has 0 N–H and O–H groups in total. The second kappa shape index (κ2) is 2.43. The van der Waals surface area contributed by atoms with Crippen molar-refractivity contribution in [1.82, 2.24) is 0 Å². The van der Waals surface area contributed by atoms with Gasteiger partial charge in [0.15, 0.2) is 0 Å². The molecule has 0 radical (unpaired) electrons. The van der Waals surface area contributed by atoms with Gasteiger partial charge in [-0.05, 0) is 31.1 Å². The SMILES string of the molecule is FC1CC2(CCCC2)CC1F. The third kappa shape index (κ3) is 1.17. The van der Waals surface area contributed by atoms with E-state index in [0.29, 0.717) is 12.8 Å². The normalized spacial score (nSPS) is 42.0. The van der Waals surface area contributed by atoms with Crippen molar-refractivity contribution in [3.8, 4) is 0 Å². The topological polar surface area (TPSA) is 0 Å². The molecule has 0 aliphatic heterocycles. The van der Waals surface area contributed by atoms with Crippen LogP contribution in [0, 0.1) is 5.41 Å². The van der Waals surface area contributed by atoms with E-state index in [9.17, 15) is 8.78 Å². The molecule has 0 bridgehead atoms. The van der Waals surface area contributed by atoms with Gasteiger partial charge >= 0.3 is 0 Å². The monoisotopic (exact) mass is 160 g/mol. The number of hydrogen-bond donors (Lipinski definition) is 0. The van der Waals surface area contributed by atoms with E-state index < -0.39 is 12.3 Å². The van der Waals surface area contributed by atoms with Crippen LogP contribution in [0.3, 0.4) is 0 Å². The maximum absolute atomic E-state index is 12.8. The Kier molecular flexibility index (Phi) is 1.66. The smallest absolute Gasteiger partial charge is 0.132 e. The van der Waals surface area contributed by atoms with Crippen molar-refractivity contribution in [2.75, 3.05) is 0 Å². The molecule has 0 saturated heterocycles. The minimum atomic E-state index is -1.16. The van der Waals surface area contributed by atoms with Gasteiger partial charge in [-0.3, -0.25) is 0 Å². The minimum absolute atomic E-state index is 0.0822. The Labute approximate surface area is 66.0 Å². The first-order valence-corrected chi connectivity index (χ1v) is 4.50. The van der Waals surface area contributed by atoms with Gasteiger partial charge in [0.05, 0.1) is 0 Å². The highest BCUT2D eigenvalue weighted by Crippen LogP contribution is 2.52. The van der Waals surface area contributed by atoms with Crippen LogP contribution in [0.4, 0.5) is 8.78 Å². The molecule has 2 fully saturated rings. The lowest BCUT2D eigenvalue weighted by Crippen LogP contribution is -2.11. The van der Waals surface area contributed by atoms with Crippen LogP contribution in [0.15, 0.2) is 0 Å². The number of halogens is 2. The molecule has 2 heteroatoms. The van der Waals surface area contributed by atoms with Crippen LogP contribution in [0.5, 0.6) is 0 Å². The Morgan fingerprint density at radius 1 is 0.909 bits per heavy atom. The Bertz CT molecular complexity index is 138. The van der Waals surface area contributed by atoms with Gasteiger partial charge in [0.2, 0.25) is 0 Å². The fourth-order valence-electron chi connectivity index (χ4n) is 2.70. The molecule has 1 spiro atoms. The maximum atomic E-state index is 12.8. The molecule has 0 aromatic rings. The lowest BCUT2D eigenvalue weighted by atomic mass is 9.85. The van der Waals surface area contributed by atoms with E-state index in [2.05, 4.69) is 0 Å². The van der Waals surface area contributed by atoms with Gasteiger partial charge in [-0.25, -0.2) is 8.78 Å². The first-order valence-electron chi connectivity index (χ1n) is 4.50. The molecule has 2 aliphatic carbocycles. The van der Waals surface area contributed by atoms with Crippen molar-refractivity contribution >= 4 is 0 Å². The molecule has 0 amide bonds. The van der Waals surface area contributed by atoms with Crippen molar-refractivity contribution in [2.45, 2.75) is 50.9 Å². The first kappa shape index (κ1) is 7.51. The molecule has 2 aliphatic rings. The molecule has 0 aromatic heterocycles. The zero-order valence-corrected chi connectivity index (χ0v) is 6.65. The van der Waals surface area contributed by atoms with Gasteiger partial charge in [0.1, 0.15) is 12.3 Å². The van der Waals surface area contributed by atoms with Crippen LogP contribution in [-0.4, -0.2) is 12.3 Å². The average molecular weight is 160 g/mol. The molecular weight excluding hydrogens is 146 g/mol. The van der Waals surface area contributed by atoms with Crippen molar-refractivity contribution in [3.63, 3.8) is 0 Å². The molecule has 2 unspecified atom stereocenters. The largest absolute Gasteiger partial charge is 0.244 e. The Balaban J connectivity index is 2.06. The fourth-order valence-corrected chi connectivity index (χ4v) is 2.70. The lowest BCUT2D eigenvalue weighted by Gasteiger charge is -2.20. The summed E-state index contributed by atoms with van der Waals surface area (Å²) in [5, 5.41) is 0. The summed E-state index contributed by atoms with van der Waals surface area (Å²) < 4.78 is 25.7. The molecule has 11 heavy (non-hydrogen) atoms. The molecule has 2 saturated carbocycles. The molecule has 0 nitrogen and oxygen atoms in total. The van der Waals surface area contributed by atoms with Crippen molar-refractivity contribution < 1.29 is 8.78 Å². The van der Waals surface area contributed by atoms with E-state index in [1.54, 1.807) is 0 Å². The van der Waals surface area contributed by atoms with Gasteiger partial charge in [-0.15, -0.1) is 0 Å². The van der Waals surface area contributed by atoms with E-state index in [0.717, 1.165) is 12.8 Å². The number of alkyl halides is 2. The maximum Gasteiger partial charge on any atom is 0.132 e. The third-order valence-corrected chi connectivity index (χ3v) is 3.31. The van der Waals surface area contributed by atoms with Crippen LogP contribution in [0.25, 0.3) is 0 Å². The average Bonchev–Trinajstić information content (AvgIpc) is 2.46. The molecule has 0 heterocycles. The van der Waals surface area contributed by atoms with Gasteiger partial charge < -0.3 is 0 Å². The summed E-state index contributed by atoms with van der Waals surface area (Å²) in [7, 11) is 0. The predicted octanol–water partition coefficient (Wildman–Crippen LogP) is 3.02. The van der Waals surface area contributed by atoms with E-state index >= 15 is 0 Å². The fraction of sp³-hybridized carbons (Fsp3) is 1.00. The summed E-state index contributed by atoms with van der Waals surface area (Å²) in [5.41, 5.74) is 0.0822. The molecule has 2 rings (SSSR count). The van der Waals surface area contributed by atoms with E-state index in [-0.39, 0.29) is 5.41 Å². The Morgan fingerprint density at radius 3 is 1.82 bits per heavy atom. The van der Waals surface area contributed by atoms with Crippen molar-refractivity contribution in [2.24, 2.45) is 5.41 Å². The van der Waals surface area contributed by atoms with Gasteiger partial charge in [-0.1, -0.05) is 12.8 Å². The second-order valence-electron chi connectivity index (χ2n) is 4.15. The third-order valence-electron chi connectivity index (χ3n) is 3.31. The molecular formula is C9H14F2. The van der Waals surface area contributed by atoms with Gasteiger partial charge in [0.25, 0.3) is 0 Å². The van der Waals surface area contributed by atoms with Crippen molar-refractivity contribution in [1.29, 1.82) is 0 Å². The van der Waals surface area contributed by atoms with Crippen LogP contribution in [0.1, 0.15) is 38.5 Å². The summed E-state index contributed by atoms with van der Waals surface area (Å²) in [6.07, 6.45) is 3.16. The summed E-state index contributed by atoms with van der Waals surface area (Å²) in [5.74, 6) is 0. The van der Waals surface area contributed by atoms with Crippen LogP contribution < -0.4 is 0 Å². The zero-order chi connectivity index (χ0) is 7.90. The standard InChI is InChI=1S/C9H14F2/c10-7-5-9(6-8(7)11)3-1-2-4-9/h7-8H,1-6H2. The number of rotatable bonds is 0. The molecule has 0 aromatic carbocycles. The van der Waals surface area contributed by atoms with E-state index in [4.69, 9.17) is 0 Å². The summed E-state index contributed by atoms with van der Waals surface area (Å²) >= 11 is 0. The zero-order valence-electron chi connectivity index (χ0n) is 6.65. The van der Waals surface area contributed by atoms with Crippen LogP contribution >= 0.6 is 0 Å². The van der Waals surface area contributed by atoms with E-state index in [1.807, 2.05) is 0 Å².